The van der Waals surface area contributed by atoms with Crippen LogP contribution in [-0.2, 0) is 5.92 Å². The summed E-state index contributed by atoms with van der Waals surface area (Å²) < 4.78 is 44.4. The highest BCUT2D eigenvalue weighted by atomic mass is 19.3. The van der Waals surface area contributed by atoms with Gasteiger partial charge in [0.1, 0.15) is 11.5 Å². The van der Waals surface area contributed by atoms with Gasteiger partial charge in [0.25, 0.3) is 5.92 Å². The van der Waals surface area contributed by atoms with Gasteiger partial charge in [0.15, 0.2) is 0 Å². The van der Waals surface area contributed by atoms with Gasteiger partial charge >= 0.3 is 0 Å². The lowest BCUT2D eigenvalue weighted by Crippen LogP contribution is -2.33. The molecular weight excluding hydrogens is 411 g/mol. The molecule has 0 spiro atoms. The van der Waals surface area contributed by atoms with E-state index in [1.165, 1.54) is 12.1 Å². The first-order chi connectivity index (χ1) is 15.1. The second-order valence-electron chi connectivity index (χ2n) is 9.36. The van der Waals surface area contributed by atoms with Gasteiger partial charge in [-0.3, -0.25) is 0 Å². The molecule has 172 valence electrons. The summed E-state index contributed by atoms with van der Waals surface area (Å²) in [6.45, 7) is 12.5. The summed E-state index contributed by atoms with van der Waals surface area (Å²) >= 11 is 0. The van der Waals surface area contributed by atoms with E-state index >= 15 is 4.39 Å². The Kier molecular flexibility index (Phi) is 5.99. The number of hydrogen-bond donors (Lipinski definition) is 1. The van der Waals surface area contributed by atoms with Crippen molar-refractivity contribution in [1.29, 1.82) is 0 Å². The van der Waals surface area contributed by atoms with Crippen LogP contribution < -0.4 is 10.2 Å². The highest BCUT2D eigenvalue weighted by molar-refractivity contribution is 5.80. The Morgan fingerprint density at radius 1 is 1.22 bits per heavy atom. The van der Waals surface area contributed by atoms with Crippen LogP contribution in [0, 0.1) is 5.92 Å². The van der Waals surface area contributed by atoms with Gasteiger partial charge in [0.2, 0.25) is 0 Å². The molecule has 2 aliphatic heterocycles. The van der Waals surface area contributed by atoms with Crippen LogP contribution in [0.3, 0.4) is 0 Å². The third kappa shape index (κ3) is 4.50. The van der Waals surface area contributed by atoms with Crippen LogP contribution in [0.25, 0.3) is 5.57 Å². The number of rotatable bonds is 5. The summed E-state index contributed by atoms with van der Waals surface area (Å²) in [6.07, 6.45) is 8.28. The molecule has 0 aromatic carbocycles. The molecule has 1 N–H and O–H groups in total. The average Bonchev–Trinajstić information content (AvgIpc) is 3.50. The number of aromatic nitrogens is 1. The maximum absolute atomic E-state index is 15.4. The molecule has 1 aromatic heterocycles. The van der Waals surface area contributed by atoms with Crippen molar-refractivity contribution in [2.45, 2.75) is 64.0 Å². The summed E-state index contributed by atoms with van der Waals surface area (Å²) in [5.41, 5.74) is 1.70. The third-order valence-electron chi connectivity index (χ3n) is 6.70. The Morgan fingerprint density at radius 3 is 2.50 bits per heavy atom. The number of hydrogen-bond acceptors (Lipinski definition) is 3. The fourth-order valence-electron chi connectivity index (χ4n) is 4.82. The largest absolute Gasteiger partial charge is 0.360 e. The molecule has 3 nitrogen and oxygen atoms in total. The summed E-state index contributed by atoms with van der Waals surface area (Å²) in [6, 6.07) is 2.94. The minimum absolute atomic E-state index is 0.0811. The Balaban J connectivity index is 1.90. The van der Waals surface area contributed by atoms with Gasteiger partial charge in [-0.1, -0.05) is 25.3 Å². The Hall–Kier alpha value is -2.50. The summed E-state index contributed by atoms with van der Waals surface area (Å²) in [5.74, 6) is -2.87. The average molecular weight is 444 g/mol. The van der Waals surface area contributed by atoms with E-state index in [0.29, 0.717) is 47.6 Å². The van der Waals surface area contributed by atoms with Gasteiger partial charge in [-0.2, -0.15) is 0 Å². The molecule has 1 unspecified atom stereocenters. The van der Waals surface area contributed by atoms with Crippen LogP contribution in [0.2, 0.25) is 0 Å². The first-order valence-electron chi connectivity index (χ1n) is 11.5. The van der Waals surface area contributed by atoms with Gasteiger partial charge in [-0.15, -0.1) is 0 Å². The van der Waals surface area contributed by atoms with Crippen molar-refractivity contribution < 1.29 is 13.2 Å². The van der Waals surface area contributed by atoms with E-state index in [1.807, 2.05) is 19.1 Å². The number of piperidine rings is 2. The number of halogens is 3. The van der Waals surface area contributed by atoms with E-state index in [9.17, 15) is 8.78 Å². The second-order valence-corrected chi connectivity index (χ2v) is 9.36. The SMILES string of the molecule is C=C1CC(C2(F)CC2)/C(=C(/C=C\C)c2cc(C(C)(F)F)cc(N3CCCCC3)n2)C(=C)N1. The molecule has 1 aliphatic carbocycles. The van der Waals surface area contributed by atoms with Gasteiger partial charge in [-0.25, -0.2) is 18.2 Å². The fourth-order valence-corrected chi connectivity index (χ4v) is 4.82. The molecule has 1 saturated carbocycles. The van der Waals surface area contributed by atoms with Gasteiger partial charge < -0.3 is 10.2 Å². The second kappa shape index (κ2) is 8.45. The zero-order valence-electron chi connectivity index (χ0n) is 19.0. The number of anilines is 1. The molecule has 32 heavy (non-hydrogen) atoms. The first kappa shape index (κ1) is 22.7. The predicted molar refractivity (Wildman–Crippen MR) is 124 cm³/mol. The van der Waals surface area contributed by atoms with Crippen molar-refractivity contribution in [3.05, 3.63) is 65.7 Å². The van der Waals surface area contributed by atoms with E-state index < -0.39 is 17.5 Å². The Bertz CT molecular complexity index is 977. The number of nitrogens with one attached hydrogen (secondary N) is 1. The lowest BCUT2D eigenvalue weighted by molar-refractivity contribution is 0.0174. The molecule has 1 aromatic rings. The van der Waals surface area contributed by atoms with Crippen LogP contribution in [0.1, 0.15) is 63.6 Å². The first-order valence-corrected chi connectivity index (χ1v) is 11.5. The van der Waals surface area contributed by atoms with Gasteiger partial charge in [0.05, 0.1) is 5.69 Å². The lowest BCUT2D eigenvalue weighted by atomic mass is 9.79. The topological polar surface area (TPSA) is 28.2 Å². The molecule has 0 radical (unpaired) electrons. The molecule has 0 bridgehead atoms. The monoisotopic (exact) mass is 443 g/mol. The van der Waals surface area contributed by atoms with Crippen molar-refractivity contribution in [3.8, 4) is 0 Å². The van der Waals surface area contributed by atoms with Crippen molar-refractivity contribution in [2.24, 2.45) is 5.92 Å². The van der Waals surface area contributed by atoms with Crippen LogP contribution in [0.15, 0.2) is 54.4 Å². The maximum Gasteiger partial charge on any atom is 0.270 e. The number of allylic oxidation sites excluding steroid dienone is 5. The number of alkyl halides is 3. The molecule has 0 amide bonds. The van der Waals surface area contributed by atoms with E-state index in [-0.39, 0.29) is 5.56 Å². The van der Waals surface area contributed by atoms with Gasteiger partial charge in [-0.05, 0) is 63.2 Å². The number of nitrogens with zero attached hydrogens (tertiary/aromatic N) is 2. The third-order valence-corrected chi connectivity index (χ3v) is 6.70. The zero-order valence-corrected chi connectivity index (χ0v) is 19.0. The predicted octanol–water partition coefficient (Wildman–Crippen LogP) is 6.65. The van der Waals surface area contributed by atoms with E-state index in [1.54, 1.807) is 0 Å². The Labute approximate surface area is 188 Å². The summed E-state index contributed by atoms with van der Waals surface area (Å²) in [7, 11) is 0. The van der Waals surface area contributed by atoms with Crippen LogP contribution in [0.4, 0.5) is 19.0 Å². The molecule has 3 fully saturated rings. The molecule has 2 saturated heterocycles. The van der Waals surface area contributed by atoms with E-state index in [0.717, 1.165) is 45.0 Å². The molecule has 3 heterocycles. The maximum atomic E-state index is 15.4. The smallest absolute Gasteiger partial charge is 0.270 e. The highest BCUT2D eigenvalue weighted by Gasteiger charge is 2.53. The fraction of sp³-hybridized carbons (Fsp3) is 0.500. The van der Waals surface area contributed by atoms with Gasteiger partial charge in [0, 0.05) is 48.5 Å². The van der Waals surface area contributed by atoms with E-state index in [2.05, 4.69) is 23.4 Å². The molecular formula is C26H32F3N3. The van der Waals surface area contributed by atoms with Crippen molar-refractivity contribution in [1.82, 2.24) is 10.3 Å². The summed E-state index contributed by atoms with van der Waals surface area (Å²) in [4.78, 5) is 6.90. The zero-order chi connectivity index (χ0) is 23.1. The van der Waals surface area contributed by atoms with Crippen molar-refractivity contribution in [3.63, 3.8) is 0 Å². The van der Waals surface area contributed by atoms with Crippen molar-refractivity contribution >= 4 is 11.4 Å². The van der Waals surface area contributed by atoms with Crippen LogP contribution in [-0.4, -0.2) is 23.7 Å². The highest BCUT2D eigenvalue weighted by Crippen LogP contribution is 2.54. The summed E-state index contributed by atoms with van der Waals surface area (Å²) in [5, 5.41) is 3.16. The molecule has 6 heteroatoms. The van der Waals surface area contributed by atoms with Crippen molar-refractivity contribution in [2.75, 3.05) is 18.0 Å². The molecule has 1 atom stereocenters. The van der Waals surface area contributed by atoms with Crippen LogP contribution >= 0.6 is 0 Å². The minimum Gasteiger partial charge on any atom is -0.360 e. The van der Waals surface area contributed by atoms with Crippen LogP contribution in [0.5, 0.6) is 0 Å². The molecule has 4 rings (SSSR count). The Morgan fingerprint density at radius 2 is 1.91 bits per heavy atom. The normalized spacial score (nSPS) is 25.2. The lowest BCUT2D eigenvalue weighted by Gasteiger charge is -2.34. The standard InChI is InChI=1S/C26H32F3N3/c1-5-9-20(24-18(3)30-17(2)14-21(24)26(29)10-11-26)22-15-19(25(4,27)28)16-23(31-22)32-12-7-6-8-13-32/h5,9,15-16,21,30H,2-3,6-8,10-14H2,1,4H3/b9-5-,24-20-. The minimum atomic E-state index is -3.01. The number of pyridine rings is 1. The molecule has 3 aliphatic rings. The van der Waals surface area contributed by atoms with E-state index in [4.69, 9.17) is 4.98 Å². The quantitative estimate of drug-likeness (QED) is 0.552.